The molecule has 1 aromatic heterocycles. The van der Waals surface area contributed by atoms with Crippen LogP contribution in [0.3, 0.4) is 0 Å². The fourth-order valence-corrected chi connectivity index (χ4v) is 3.13. The molecular weight excluding hydrogens is 364 g/mol. The molecule has 0 fully saturated rings. The van der Waals surface area contributed by atoms with Gasteiger partial charge in [-0.2, -0.15) is 0 Å². The van der Waals surface area contributed by atoms with E-state index in [1.165, 1.54) is 6.07 Å². The highest BCUT2D eigenvalue weighted by molar-refractivity contribution is 5.91. The van der Waals surface area contributed by atoms with Crippen molar-refractivity contribution in [3.63, 3.8) is 0 Å². The van der Waals surface area contributed by atoms with E-state index in [0.717, 1.165) is 16.8 Å². The first-order valence-electron chi connectivity index (χ1n) is 9.34. The zero-order valence-corrected chi connectivity index (χ0v) is 15.7. The fraction of sp³-hybridized carbons (Fsp3) is 0.0833. The zero-order valence-electron chi connectivity index (χ0n) is 15.7. The lowest BCUT2D eigenvalue weighted by Gasteiger charge is -2.11. The minimum absolute atomic E-state index is 0.0525. The van der Waals surface area contributed by atoms with Gasteiger partial charge >= 0.3 is 0 Å². The molecule has 1 N–H and O–H groups in total. The summed E-state index contributed by atoms with van der Waals surface area (Å²) in [6.45, 7) is 0.610. The van der Waals surface area contributed by atoms with E-state index in [0.29, 0.717) is 17.7 Å². The van der Waals surface area contributed by atoms with Gasteiger partial charge in [-0.05, 0) is 42.0 Å². The predicted molar refractivity (Wildman–Crippen MR) is 114 cm³/mol. The molecule has 0 bridgehead atoms. The first-order chi connectivity index (χ1) is 14.2. The Morgan fingerprint density at radius 1 is 0.862 bits per heavy atom. The molecule has 3 aromatic carbocycles. The second-order valence-electron chi connectivity index (χ2n) is 6.67. The molecule has 0 saturated heterocycles. The molecule has 4 rings (SSSR count). The zero-order chi connectivity index (χ0) is 20.1. The summed E-state index contributed by atoms with van der Waals surface area (Å²) in [7, 11) is 0. The Morgan fingerprint density at radius 2 is 1.59 bits per heavy atom. The Balaban J connectivity index is 1.39. The molecule has 4 aromatic rings. The topological polar surface area (TPSA) is 60.3 Å². The lowest BCUT2D eigenvalue weighted by atomic mass is 10.2. The molecule has 29 heavy (non-hydrogen) atoms. The first-order valence-corrected chi connectivity index (χ1v) is 9.34. The van der Waals surface area contributed by atoms with Gasteiger partial charge in [0, 0.05) is 23.3 Å². The number of amides is 1. The number of fused-ring (bicyclic) bond motifs is 1. The van der Waals surface area contributed by atoms with Crippen molar-refractivity contribution in [2.45, 2.75) is 13.2 Å². The monoisotopic (exact) mass is 384 g/mol. The summed E-state index contributed by atoms with van der Waals surface area (Å²) < 4.78 is 7.53. The second-order valence-corrected chi connectivity index (χ2v) is 6.67. The minimum Gasteiger partial charge on any atom is -0.489 e. The van der Waals surface area contributed by atoms with Crippen LogP contribution in [0.1, 0.15) is 5.56 Å². The number of carbonyl (C=O) groups is 1. The van der Waals surface area contributed by atoms with Crippen molar-refractivity contribution in [2.24, 2.45) is 0 Å². The number of aromatic nitrogens is 1. The van der Waals surface area contributed by atoms with Crippen LogP contribution in [0.15, 0.2) is 95.9 Å². The van der Waals surface area contributed by atoms with Crippen LogP contribution in [0.4, 0.5) is 5.69 Å². The third kappa shape index (κ3) is 4.52. The smallest absolute Gasteiger partial charge is 0.244 e. The minimum atomic E-state index is -0.170. The predicted octanol–water partition coefficient (Wildman–Crippen LogP) is 4.22. The van der Waals surface area contributed by atoms with E-state index in [1.54, 1.807) is 16.8 Å². The van der Waals surface area contributed by atoms with E-state index >= 15 is 0 Å². The summed E-state index contributed by atoms with van der Waals surface area (Å²) in [6, 6.07) is 26.0. The summed E-state index contributed by atoms with van der Waals surface area (Å²) in [5.74, 6) is 0.565. The molecule has 5 nitrogen and oxygen atoms in total. The maximum Gasteiger partial charge on any atom is 0.244 e. The average Bonchev–Trinajstić information content (AvgIpc) is 2.76. The number of benzene rings is 3. The molecule has 144 valence electrons. The van der Waals surface area contributed by atoms with Crippen LogP contribution in [0.2, 0.25) is 0 Å². The van der Waals surface area contributed by atoms with Crippen molar-refractivity contribution in [1.29, 1.82) is 0 Å². The van der Waals surface area contributed by atoms with Gasteiger partial charge in [-0.3, -0.25) is 9.59 Å². The Hall–Kier alpha value is -3.86. The van der Waals surface area contributed by atoms with E-state index < -0.39 is 0 Å². The molecule has 1 heterocycles. The number of carbonyl (C=O) groups excluding carboxylic acids is 1. The standard InChI is InChI=1S/C24H20N2O3/c27-23-14-15-26(22-9-5-4-8-21(22)23)16-24(28)25-19-10-12-20(13-11-19)29-17-18-6-2-1-3-7-18/h1-15H,16-17H2,(H,25,28). The van der Waals surface area contributed by atoms with Gasteiger partial charge < -0.3 is 14.6 Å². The number of para-hydroxylation sites is 1. The van der Waals surface area contributed by atoms with Crippen LogP contribution >= 0.6 is 0 Å². The number of rotatable bonds is 6. The number of nitrogens with zero attached hydrogens (tertiary/aromatic N) is 1. The van der Waals surface area contributed by atoms with Crippen molar-refractivity contribution in [2.75, 3.05) is 5.32 Å². The Labute approximate surface area is 168 Å². The van der Waals surface area contributed by atoms with Gasteiger partial charge in [0.1, 0.15) is 18.9 Å². The number of pyridine rings is 1. The highest BCUT2D eigenvalue weighted by Crippen LogP contribution is 2.17. The third-order valence-electron chi connectivity index (χ3n) is 4.59. The molecule has 0 saturated carbocycles. The van der Waals surface area contributed by atoms with Crippen molar-refractivity contribution in [1.82, 2.24) is 4.57 Å². The van der Waals surface area contributed by atoms with Crippen molar-refractivity contribution < 1.29 is 9.53 Å². The number of ether oxygens (including phenoxy) is 1. The largest absolute Gasteiger partial charge is 0.489 e. The van der Waals surface area contributed by atoms with E-state index in [4.69, 9.17) is 4.74 Å². The van der Waals surface area contributed by atoms with Gasteiger partial charge in [0.25, 0.3) is 0 Å². The van der Waals surface area contributed by atoms with Crippen molar-refractivity contribution >= 4 is 22.5 Å². The maximum absolute atomic E-state index is 12.5. The van der Waals surface area contributed by atoms with Crippen LogP contribution in [0.25, 0.3) is 10.9 Å². The quantitative estimate of drug-likeness (QED) is 0.541. The van der Waals surface area contributed by atoms with Crippen LogP contribution in [-0.2, 0) is 17.9 Å². The average molecular weight is 384 g/mol. The van der Waals surface area contributed by atoms with Crippen molar-refractivity contribution in [3.8, 4) is 5.75 Å². The molecule has 0 atom stereocenters. The molecule has 1 amide bonds. The molecule has 0 spiro atoms. The first kappa shape index (κ1) is 18.5. The second kappa shape index (κ2) is 8.44. The van der Waals surface area contributed by atoms with E-state index in [-0.39, 0.29) is 17.9 Å². The molecule has 0 unspecified atom stereocenters. The summed E-state index contributed by atoms with van der Waals surface area (Å²) in [6.07, 6.45) is 1.64. The van der Waals surface area contributed by atoms with Crippen LogP contribution in [0.5, 0.6) is 5.75 Å². The van der Waals surface area contributed by atoms with Gasteiger partial charge in [0.15, 0.2) is 5.43 Å². The molecule has 0 radical (unpaired) electrons. The maximum atomic E-state index is 12.5. The fourth-order valence-electron chi connectivity index (χ4n) is 3.13. The van der Waals surface area contributed by atoms with Crippen LogP contribution in [-0.4, -0.2) is 10.5 Å². The lowest BCUT2D eigenvalue weighted by Crippen LogP contribution is -2.20. The Morgan fingerprint density at radius 3 is 2.38 bits per heavy atom. The van der Waals surface area contributed by atoms with Crippen molar-refractivity contribution in [3.05, 3.63) is 107 Å². The molecule has 0 aliphatic heterocycles. The Bertz CT molecular complexity index is 1180. The highest BCUT2D eigenvalue weighted by Gasteiger charge is 2.07. The number of anilines is 1. The number of hydrogen-bond acceptors (Lipinski definition) is 3. The Kier molecular flexibility index (Phi) is 5.38. The summed E-state index contributed by atoms with van der Waals surface area (Å²) in [4.78, 5) is 24.4. The summed E-state index contributed by atoms with van der Waals surface area (Å²) in [5.41, 5.74) is 2.47. The van der Waals surface area contributed by atoms with Gasteiger partial charge in [-0.25, -0.2) is 0 Å². The number of nitrogens with one attached hydrogen (secondary N) is 1. The molecule has 0 aliphatic rings. The van der Waals surface area contributed by atoms with Gasteiger partial charge in [-0.15, -0.1) is 0 Å². The van der Waals surface area contributed by atoms with Gasteiger partial charge in [0.2, 0.25) is 5.91 Å². The van der Waals surface area contributed by atoms with Crippen LogP contribution in [0, 0.1) is 0 Å². The normalized spacial score (nSPS) is 10.6. The molecule has 0 aliphatic carbocycles. The van der Waals surface area contributed by atoms with E-state index in [2.05, 4.69) is 5.32 Å². The van der Waals surface area contributed by atoms with Gasteiger partial charge in [-0.1, -0.05) is 42.5 Å². The SMILES string of the molecule is O=C(Cn1ccc(=O)c2ccccc21)Nc1ccc(OCc2ccccc2)cc1. The number of hydrogen-bond donors (Lipinski definition) is 1. The molecular formula is C24H20N2O3. The summed E-state index contributed by atoms with van der Waals surface area (Å²) in [5, 5.41) is 3.48. The van der Waals surface area contributed by atoms with Gasteiger partial charge in [0.05, 0.1) is 5.52 Å². The van der Waals surface area contributed by atoms with E-state index in [1.807, 2.05) is 72.8 Å². The lowest BCUT2D eigenvalue weighted by molar-refractivity contribution is -0.116. The highest BCUT2D eigenvalue weighted by atomic mass is 16.5. The van der Waals surface area contributed by atoms with Crippen LogP contribution < -0.4 is 15.5 Å². The third-order valence-corrected chi connectivity index (χ3v) is 4.59. The molecule has 5 heteroatoms. The summed E-state index contributed by atoms with van der Waals surface area (Å²) >= 11 is 0. The van der Waals surface area contributed by atoms with E-state index in [9.17, 15) is 9.59 Å².